The van der Waals surface area contributed by atoms with E-state index in [0.29, 0.717) is 24.4 Å². The van der Waals surface area contributed by atoms with Gasteiger partial charge in [0.1, 0.15) is 11.5 Å². The topological polar surface area (TPSA) is 98.0 Å². The van der Waals surface area contributed by atoms with E-state index in [1.807, 2.05) is 24.3 Å². The molecule has 0 saturated carbocycles. The molecule has 2 aromatic rings. The Balaban J connectivity index is 0.00000338. The molecular weight excluding hydrogens is 447 g/mol. The van der Waals surface area contributed by atoms with Crippen LogP contribution < -0.4 is 25.8 Å². The number of ether oxygens (including phenoxy) is 2. The van der Waals surface area contributed by atoms with Gasteiger partial charge in [0.15, 0.2) is 5.96 Å². The van der Waals surface area contributed by atoms with Gasteiger partial charge in [0.2, 0.25) is 0 Å². The van der Waals surface area contributed by atoms with Gasteiger partial charge in [0, 0.05) is 23.9 Å². The molecule has 0 aliphatic heterocycles. The second-order valence-electron chi connectivity index (χ2n) is 5.11. The molecule has 0 radical (unpaired) electrons. The Hall–Kier alpha value is -2.49. The Kier molecular flexibility index (Phi) is 9.27. The van der Waals surface area contributed by atoms with E-state index in [2.05, 4.69) is 15.6 Å². The fourth-order valence-electron chi connectivity index (χ4n) is 2.08. The maximum atomic E-state index is 12.0. The average molecular weight is 470 g/mol. The predicted molar refractivity (Wildman–Crippen MR) is 114 cm³/mol. The van der Waals surface area contributed by atoms with Crippen LogP contribution in [0.1, 0.15) is 10.4 Å². The predicted octanol–water partition coefficient (Wildman–Crippen LogP) is 2.48. The smallest absolute Gasteiger partial charge is 0.251 e. The fourth-order valence-corrected chi connectivity index (χ4v) is 2.08. The second kappa shape index (κ2) is 11.2. The lowest BCUT2D eigenvalue weighted by Crippen LogP contribution is -2.28. The van der Waals surface area contributed by atoms with Gasteiger partial charge < -0.3 is 25.8 Å². The average Bonchev–Trinajstić information content (AvgIpc) is 2.65. The van der Waals surface area contributed by atoms with Crippen molar-refractivity contribution in [3.63, 3.8) is 0 Å². The van der Waals surface area contributed by atoms with Crippen molar-refractivity contribution in [1.82, 2.24) is 5.32 Å². The van der Waals surface area contributed by atoms with Crippen molar-refractivity contribution in [2.45, 2.75) is 0 Å². The molecule has 26 heavy (non-hydrogen) atoms. The Labute approximate surface area is 170 Å². The highest BCUT2D eigenvalue weighted by Crippen LogP contribution is 2.16. The van der Waals surface area contributed by atoms with Crippen LogP contribution in [0, 0.1) is 0 Å². The SMILES string of the molecule is COc1ccc(C(=O)NCCN=C(N)Nc2cccc(OC)c2)cc1.I. The Morgan fingerprint density at radius 3 is 2.42 bits per heavy atom. The molecule has 2 rings (SSSR count). The summed E-state index contributed by atoms with van der Waals surface area (Å²) in [6, 6.07) is 14.2. The molecule has 0 spiro atoms. The quantitative estimate of drug-likeness (QED) is 0.250. The molecule has 0 aliphatic rings. The number of halogens is 1. The molecule has 4 N–H and O–H groups in total. The maximum Gasteiger partial charge on any atom is 0.251 e. The number of nitrogens with one attached hydrogen (secondary N) is 2. The maximum absolute atomic E-state index is 12.0. The number of carbonyl (C=O) groups is 1. The summed E-state index contributed by atoms with van der Waals surface area (Å²) in [5.41, 5.74) is 7.17. The standard InChI is InChI=1S/C18H22N4O3.HI/c1-24-15-8-6-13(7-9-15)17(23)20-10-11-21-18(19)22-14-4-3-5-16(12-14)25-2;/h3-9,12H,10-11H2,1-2H3,(H,20,23)(H3,19,21,22);1H. The van der Waals surface area contributed by atoms with Gasteiger partial charge in [-0.25, -0.2) is 0 Å². The number of amides is 1. The highest BCUT2D eigenvalue weighted by atomic mass is 127. The minimum Gasteiger partial charge on any atom is -0.497 e. The van der Waals surface area contributed by atoms with Gasteiger partial charge in [-0.05, 0) is 36.4 Å². The summed E-state index contributed by atoms with van der Waals surface area (Å²) in [6.45, 7) is 0.746. The molecule has 0 bridgehead atoms. The summed E-state index contributed by atoms with van der Waals surface area (Å²) in [5, 5.41) is 5.75. The summed E-state index contributed by atoms with van der Waals surface area (Å²) >= 11 is 0. The third-order valence-electron chi connectivity index (χ3n) is 3.37. The molecule has 7 nitrogen and oxygen atoms in total. The first-order valence-corrected chi connectivity index (χ1v) is 7.75. The number of anilines is 1. The Bertz CT molecular complexity index is 735. The van der Waals surface area contributed by atoms with E-state index < -0.39 is 0 Å². The minimum atomic E-state index is -0.169. The minimum absolute atomic E-state index is 0. The number of methoxy groups -OCH3 is 2. The Morgan fingerprint density at radius 1 is 1.08 bits per heavy atom. The third-order valence-corrected chi connectivity index (χ3v) is 3.37. The first-order chi connectivity index (χ1) is 12.1. The summed E-state index contributed by atoms with van der Waals surface area (Å²) in [5.74, 6) is 1.53. The molecule has 0 atom stereocenters. The number of hydrogen-bond acceptors (Lipinski definition) is 4. The van der Waals surface area contributed by atoms with E-state index in [4.69, 9.17) is 15.2 Å². The van der Waals surface area contributed by atoms with Crippen molar-refractivity contribution < 1.29 is 14.3 Å². The van der Waals surface area contributed by atoms with Crippen molar-refractivity contribution in [3.05, 3.63) is 54.1 Å². The summed E-state index contributed by atoms with van der Waals surface area (Å²) in [6.07, 6.45) is 0. The Morgan fingerprint density at radius 2 is 1.77 bits per heavy atom. The van der Waals surface area contributed by atoms with Crippen LogP contribution in [0.3, 0.4) is 0 Å². The van der Waals surface area contributed by atoms with Gasteiger partial charge in [0.25, 0.3) is 5.91 Å². The largest absolute Gasteiger partial charge is 0.497 e. The van der Waals surface area contributed by atoms with Gasteiger partial charge in [-0.15, -0.1) is 24.0 Å². The number of carbonyl (C=O) groups excluding carboxylic acids is 1. The number of aliphatic imine (C=N–C) groups is 1. The first kappa shape index (κ1) is 21.6. The molecule has 0 aliphatic carbocycles. The van der Waals surface area contributed by atoms with Gasteiger partial charge in [-0.3, -0.25) is 9.79 Å². The monoisotopic (exact) mass is 470 g/mol. The molecule has 140 valence electrons. The molecular formula is C18H23IN4O3. The first-order valence-electron chi connectivity index (χ1n) is 7.75. The van der Waals surface area contributed by atoms with E-state index >= 15 is 0 Å². The van der Waals surface area contributed by atoms with Crippen LogP contribution in [0.25, 0.3) is 0 Å². The van der Waals surface area contributed by atoms with Gasteiger partial charge >= 0.3 is 0 Å². The number of nitrogens with zero attached hydrogens (tertiary/aromatic N) is 1. The zero-order valence-corrected chi connectivity index (χ0v) is 17.0. The number of benzene rings is 2. The zero-order chi connectivity index (χ0) is 18.1. The van der Waals surface area contributed by atoms with Crippen LogP contribution in [-0.2, 0) is 0 Å². The lowest BCUT2D eigenvalue weighted by molar-refractivity contribution is 0.0955. The van der Waals surface area contributed by atoms with Crippen LogP contribution in [0.15, 0.2) is 53.5 Å². The molecule has 0 heterocycles. The summed E-state index contributed by atoms with van der Waals surface area (Å²) in [4.78, 5) is 16.2. The fraction of sp³-hybridized carbons (Fsp3) is 0.222. The summed E-state index contributed by atoms with van der Waals surface area (Å²) < 4.78 is 10.2. The van der Waals surface area contributed by atoms with Gasteiger partial charge in [0.05, 0.1) is 20.8 Å². The molecule has 0 aromatic heterocycles. The molecule has 1 amide bonds. The number of guanidine groups is 1. The third kappa shape index (κ3) is 6.79. The van der Waals surface area contributed by atoms with E-state index in [9.17, 15) is 4.79 Å². The number of nitrogens with two attached hydrogens (primary N) is 1. The van der Waals surface area contributed by atoms with E-state index in [0.717, 1.165) is 11.4 Å². The van der Waals surface area contributed by atoms with Crippen molar-refractivity contribution in [2.24, 2.45) is 10.7 Å². The lowest BCUT2D eigenvalue weighted by Gasteiger charge is -2.08. The van der Waals surface area contributed by atoms with Crippen LogP contribution in [0.5, 0.6) is 11.5 Å². The van der Waals surface area contributed by atoms with Crippen LogP contribution in [0.2, 0.25) is 0 Å². The van der Waals surface area contributed by atoms with E-state index in [1.54, 1.807) is 38.5 Å². The number of hydrogen-bond donors (Lipinski definition) is 3. The van der Waals surface area contributed by atoms with Crippen LogP contribution in [-0.4, -0.2) is 39.2 Å². The van der Waals surface area contributed by atoms with Crippen LogP contribution in [0.4, 0.5) is 5.69 Å². The molecule has 0 fully saturated rings. The van der Waals surface area contributed by atoms with Crippen molar-refractivity contribution in [2.75, 3.05) is 32.6 Å². The zero-order valence-electron chi connectivity index (χ0n) is 14.7. The molecule has 0 unspecified atom stereocenters. The molecule has 0 saturated heterocycles. The highest BCUT2D eigenvalue weighted by Gasteiger charge is 2.04. The lowest BCUT2D eigenvalue weighted by atomic mass is 10.2. The molecule has 8 heteroatoms. The van der Waals surface area contributed by atoms with E-state index in [-0.39, 0.29) is 35.8 Å². The van der Waals surface area contributed by atoms with Gasteiger partial charge in [-0.2, -0.15) is 0 Å². The van der Waals surface area contributed by atoms with Crippen molar-refractivity contribution >= 4 is 41.5 Å². The molecule has 2 aromatic carbocycles. The van der Waals surface area contributed by atoms with Crippen LogP contribution >= 0.6 is 24.0 Å². The highest BCUT2D eigenvalue weighted by molar-refractivity contribution is 14.0. The van der Waals surface area contributed by atoms with Crippen molar-refractivity contribution in [1.29, 1.82) is 0 Å². The normalized spacial score (nSPS) is 10.5. The summed E-state index contributed by atoms with van der Waals surface area (Å²) in [7, 11) is 3.18. The number of rotatable bonds is 7. The van der Waals surface area contributed by atoms with Gasteiger partial charge in [-0.1, -0.05) is 6.07 Å². The van der Waals surface area contributed by atoms with Crippen molar-refractivity contribution in [3.8, 4) is 11.5 Å². The van der Waals surface area contributed by atoms with E-state index in [1.165, 1.54) is 0 Å². The second-order valence-corrected chi connectivity index (χ2v) is 5.11.